The molecular formula is C20H30N2O5. The number of likely N-dealkylation sites (tertiary alicyclic amines) is 1. The average molecular weight is 378 g/mol. The summed E-state index contributed by atoms with van der Waals surface area (Å²) in [5, 5.41) is 0. The molecule has 0 unspecified atom stereocenters. The van der Waals surface area contributed by atoms with Crippen LogP contribution in [0.15, 0.2) is 18.2 Å². The van der Waals surface area contributed by atoms with Crippen LogP contribution in [0.3, 0.4) is 0 Å². The molecule has 0 radical (unpaired) electrons. The molecule has 1 heterocycles. The van der Waals surface area contributed by atoms with Gasteiger partial charge in [-0.15, -0.1) is 0 Å². The first-order valence-corrected chi connectivity index (χ1v) is 9.41. The Kier molecular flexibility index (Phi) is 6.24. The van der Waals surface area contributed by atoms with E-state index in [9.17, 15) is 4.79 Å². The van der Waals surface area contributed by atoms with Crippen LogP contribution in [0, 0.1) is 0 Å². The van der Waals surface area contributed by atoms with Gasteiger partial charge < -0.3 is 24.7 Å². The van der Waals surface area contributed by atoms with E-state index < -0.39 is 5.91 Å². The van der Waals surface area contributed by atoms with Crippen LogP contribution < -0.4 is 15.2 Å². The molecule has 27 heavy (non-hydrogen) atoms. The SMILES string of the molecule is COc1cc(CN2CC[C@]3(OC)CC[C@@H](OC)C[C@H]23)ccc1OCC(N)=O. The lowest BCUT2D eigenvalue weighted by molar-refractivity contribution is -0.119. The number of nitrogens with zero attached hydrogens (tertiary/aromatic N) is 1. The van der Waals surface area contributed by atoms with E-state index in [0.717, 1.165) is 44.3 Å². The maximum atomic E-state index is 10.9. The molecule has 1 saturated heterocycles. The van der Waals surface area contributed by atoms with Crippen LogP contribution in [0.4, 0.5) is 0 Å². The number of primary amides is 1. The highest BCUT2D eigenvalue weighted by atomic mass is 16.5. The molecule has 0 aromatic heterocycles. The number of hydrogen-bond donors (Lipinski definition) is 1. The summed E-state index contributed by atoms with van der Waals surface area (Å²) in [6.45, 7) is 1.63. The third-order valence-corrected chi connectivity index (χ3v) is 5.97. The molecule has 1 aliphatic heterocycles. The molecule has 150 valence electrons. The number of amides is 1. The van der Waals surface area contributed by atoms with Crippen LogP contribution >= 0.6 is 0 Å². The van der Waals surface area contributed by atoms with Crippen LogP contribution in [0.25, 0.3) is 0 Å². The Morgan fingerprint density at radius 3 is 2.74 bits per heavy atom. The van der Waals surface area contributed by atoms with Crippen LogP contribution in [0.5, 0.6) is 11.5 Å². The molecule has 1 aliphatic carbocycles. The van der Waals surface area contributed by atoms with Crippen molar-refractivity contribution in [1.82, 2.24) is 4.90 Å². The third-order valence-electron chi connectivity index (χ3n) is 5.97. The number of nitrogens with two attached hydrogens (primary N) is 1. The minimum absolute atomic E-state index is 0.0658. The second kappa shape index (κ2) is 8.46. The zero-order chi connectivity index (χ0) is 19.4. The van der Waals surface area contributed by atoms with E-state index in [1.165, 1.54) is 0 Å². The highest BCUT2D eigenvalue weighted by molar-refractivity contribution is 5.75. The van der Waals surface area contributed by atoms with E-state index in [1.807, 2.05) is 25.3 Å². The number of fused-ring (bicyclic) bond motifs is 1. The minimum atomic E-state index is -0.515. The Balaban J connectivity index is 1.73. The van der Waals surface area contributed by atoms with Gasteiger partial charge in [0.05, 0.1) is 18.8 Å². The van der Waals surface area contributed by atoms with Crippen LogP contribution in [0.1, 0.15) is 31.2 Å². The molecular weight excluding hydrogens is 348 g/mol. The van der Waals surface area contributed by atoms with Gasteiger partial charge in [-0.05, 0) is 43.4 Å². The largest absolute Gasteiger partial charge is 0.493 e. The Bertz CT molecular complexity index is 668. The standard InChI is InChI=1S/C20H30N2O5/c1-24-15-6-7-20(26-3)8-9-22(18(20)11-15)12-14-4-5-16(17(10-14)25-2)27-13-19(21)23/h4-5,10,15,18H,6-9,11-13H2,1-3H3,(H2,21,23)/t15-,18+,20-/m1/s1. The molecule has 1 aromatic rings. The molecule has 1 aromatic carbocycles. The topological polar surface area (TPSA) is 83.2 Å². The lowest BCUT2D eigenvalue weighted by Crippen LogP contribution is -2.51. The molecule has 7 nitrogen and oxygen atoms in total. The van der Waals surface area contributed by atoms with E-state index in [1.54, 1.807) is 14.2 Å². The summed E-state index contributed by atoms with van der Waals surface area (Å²) in [5.41, 5.74) is 6.21. The van der Waals surface area contributed by atoms with Crippen molar-refractivity contribution < 1.29 is 23.7 Å². The number of rotatable bonds is 8. The monoisotopic (exact) mass is 378 g/mol. The van der Waals surface area contributed by atoms with Crippen molar-refractivity contribution in [3.63, 3.8) is 0 Å². The molecule has 0 spiro atoms. The van der Waals surface area contributed by atoms with Gasteiger partial charge in [-0.3, -0.25) is 9.69 Å². The molecule has 2 N–H and O–H groups in total. The van der Waals surface area contributed by atoms with Gasteiger partial charge in [-0.2, -0.15) is 0 Å². The zero-order valence-corrected chi connectivity index (χ0v) is 16.4. The summed E-state index contributed by atoms with van der Waals surface area (Å²) in [6, 6.07) is 6.13. The lowest BCUT2D eigenvalue weighted by atomic mass is 9.79. The summed E-state index contributed by atoms with van der Waals surface area (Å²) in [6.07, 6.45) is 4.40. The van der Waals surface area contributed by atoms with Gasteiger partial charge in [-0.1, -0.05) is 6.07 Å². The van der Waals surface area contributed by atoms with Gasteiger partial charge in [0.15, 0.2) is 18.1 Å². The van der Waals surface area contributed by atoms with E-state index in [-0.39, 0.29) is 18.3 Å². The highest BCUT2D eigenvalue weighted by Gasteiger charge is 2.50. The van der Waals surface area contributed by atoms with Crippen LogP contribution in [-0.2, 0) is 20.8 Å². The number of carbonyl (C=O) groups excluding carboxylic acids is 1. The van der Waals surface area contributed by atoms with Crippen molar-refractivity contribution in [3.8, 4) is 11.5 Å². The molecule has 2 aliphatic rings. The first kappa shape index (κ1) is 19.9. The summed E-state index contributed by atoms with van der Waals surface area (Å²) < 4.78 is 22.5. The summed E-state index contributed by atoms with van der Waals surface area (Å²) in [4.78, 5) is 13.4. The maximum Gasteiger partial charge on any atom is 0.255 e. The number of benzene rings is 1. The van der Waals surface area contributed by atoms with Gasteiger partial charge in [0.2, 0.25) is 0 Å². The maximum absolute atomic E-state index is 10.9. The van der Waals surface area contributed by atoms with Crippen LogP contribution in [-0.4, -0.2) is 63.0 Å². The van der Waals surface area contributed by atoms with Crippen molar-refractivity contribution in [2.45, 2.75) is 50.0 Å². The molecule has 3 rings (SSSR count). The molecule has 1 saturated carbocycles. The van der Waals surface area contributed by atoms with Gasteiger partial charge in [0.25, 0.3) is 5.91 Å². The minimum Gasteiger partial charge on any atom is -0.493 e. The number of hydrogen-bond acceptors (Lipinski definition) is 6. The van der Waals surface area contributed by atoms with E-state index in [4.69, 9.17) is 24.7 Å². The van der Waals surface area contributed by atoms with Gasteiger partial charge in [-0.25, -0.2) is 0 Å². The third kappa shape index (κ3) is 4.20. The van der Waals surface area contributed by atoms with E-state index in [2.05, 4.69) is 4.90 Å². The van der Waals surface area contributed by atoms with Crippen molar-refractivity contribution >= 4 is 5.91 Å². The molecule has 2 fully saturated rings. The Hall–Kier alpha value is -1.83. The van der Waals surface area contributed by atoms with Gasteiger partial charge in [0.1, 0.15) is 0 Å². The summed E-state index contributed by atoms with van der Waals surface area (Å²) in [5.74, 6) is 0.605. The fraction of sp³-hybridized carbons (Fsp3) is 0.650. The van der Waals surface area contributed by atoms with Crippen molar-refractivity contribution in [3.05, 3.63) is 23.8 Å². The second-order valence-corrected chi connectivity index (χ2v) is 7.38. The lowest BCUT2D eigenvalue weighted by Gasteiger charge is -2.43. The Morgan fingerprint density at radius 2 is 2.07 bits per heavy atom. The Labute approximate surface area is 160 Å². The van der Waals surface area contributed by atoms with E-state index >= 15 is 0 Å². The molecule has 3 atom stereocenters. The Morgan fingerprint density at radius 1 is 1.26 bits per heavy atom. The predicted octanol–water partition coefficient (Wildman–Crippen LogP) is 1.72. The molecule has 7 heteroatoms. The summed E-state index contributed by atoms with van der Waals surface area (Å²) in [7, 11) is 5.21. The van der Waals surface area contributed by atoms with Crippen molar-refractivity contribution in [2.24, 2.45) is 5.73 Å². The van der Waals surface area contributed by atoms with Gasteiger partial charge in [0, 0.05) is 33.4 Å². The molecule has 1 amide bonds. The highest BCUT2D eigenvalue weighted by Crippen LogP contribution is 2.43. The van der Waals surface area contributed by atoms with Crippen LogP contribution in [0.2, 0.25) is 0 Å². The van der Waals surface area contributed by atoms with Crippen molar-refractivity contribution in [1.29, 1.82) is 0 Å². The smallest absolute Gasteiger partial charge is 0.255 e. The number of ether oxygens (including phenoxy) is 4. The first-order chi connectivity index (χ1) is 13.0. The first-order valence-electron chi connectivity index (χ1n) is 9.41. The quantitative estimate of drug-likeness (QED) is 0.742. The second-order valence-electron chi connectivity index (χ2n) is 7.38. The normalized spacial score (nSPS) is 28.0. The van der Waals surface area contributed by atoms with Gasteiger partial charge >= 0.3 is 0 Å². The number of carbonyl (C=O) groups is 1. The van der Waals surface area contributed by atoms with Crippen molar-refractivity contribution in [2.75, 3.05) is 34.5 Å². The average Bonchev–Trinajstić information content (AvgIpc) is 3.04. The summed E-state index contributed by atoms with van der Waals surface area (Å²) >= 11 is 0. The molecule has 0 bridgehead atoms. The number of methoxy groups -OCH3 is 3. The zero-order valence-electron chi connectivity index (χ0n) is 16.4. The predicted molar refractivity (Wildman–Crippen MR) is 101 cm³/mol. The fourth-order valence-corrected chi connectivity index (χ4v) is 4.47. The van der Waals surface area contributed by atoms with E-state index in [0.29, 0.717) is 17.5 Å². The fourth-order valence-electron chi connectivity index (χ4n) is 4.47.